The van der Waals surface area contributed by atoms with Gasteiger partial charge >= 0.3 is 0 Å². The number of unbranched alkanes of at least 4 members (excludes halogenated alkanes) is 1. The van der Waals surface area contributed by atoms with E-state index in [0.717, 1.165) is 57.0 Å². The van der Waals surface area contributed by atoms with Crippen LogP contribution >= 0.6 is 0 Å². The molecule has 0 spiro atoms. The van der Waals surface area contributed by atoms with Crippen LogP contribution < -0.4 is 5.73 Å². The van der Waals surface area contributed by atoms with E-state index >= 15 is 0 Å². The molecule has 0 aliphatic carbocycles. The molecular weight excluding hydrogens is 450 g/mol. The largest absolute Gasteiger partial charge is 0.377 e. The quantitative estimate of drug-likeness (QED) is 0.352. The number of hydrogen-bond donors (Lipinski definition) is 1. The lowest BCUT2D eigenvalue weighted by Gasteiger charge is -2.35. The summed E-state index contributed by atoms with van der Waals surface area (Å²) in [6.45, 7) is 7.51. The molecule has 2 aromatic rings. The normalized spacial score (nSPS) is 19.8. The van der Waals surface area contributed by atoms with E-state index in [-0.39, 0.29) is 23.9 Å². The summed E-state index contributed by atoms with van der Waals surface area (Å²) in [5.74, 6) is 0.314. The van der Waals surface area contributed by atoms with Crippen molar-refractivity contribution < 1.29 is 14.3 Å². The molecule has 0 radical (unpaired) electrons. The molecule has 6 nitrogen and oxygen atoms in total. The van der Waals surface area contributed by atoms with Crippen molar-refractivity contribution in [3.63, 3.8) is 0 Å². The molecule has 2 aliphatic heterocycles. The first kappa shape index (κ1) is 26.4. The number of benzene rings is 2. The Morgan fingerprint density at radius 1 is 1.14 bits per heavy atom. The van der Waals surface area contributed by atoms with Crippen LogP contribution in [0, 0.1) is 6.92 Å². The van der Waals surface area contributed by atoms with Crippen molar-refractivity contribution in [3.8, 4) is 0 Å². The number of aryl methyl sites for hydroxylation is 2. The molecule has 194 valence electrons. The predicted molar refractivity (Wildman–Crippen MR) is 143 cm³/mol. The second-order valence-electron chi connectivity index (χ2n) is 10.3. The fraction of sp³-hybridized carbons (Fsp3) is 0.533. The van der Waals surface area contributed by atoms with E-state index in [1.165, 1.54) is 22.3 Å². The molecule has 2 aromatic carbocycles. The van der Waals surface area contributed by atoms with E-state index in [1.807, 2.05) is 17.0 Å². The molecule has 0 aromatic heterocycles. The number of ether oxygens (including phenoxy) is 1. The third-order valence-corrected chi connectivity index (χ3v) is 8.02. The molecule has 3 unspecified atom stereocenters. The number of carbonyl (C=O) groups is 2. The van der Waals surface area contributed by atoms with Crippen molar-refractivity contribution in [2.45, 2.75) is 76.9 Å². The summed E-state index contributed by atoms with van der Waals surface area (Å²) in [5, 5.41) is 0. The highest BCUT2D eigenvalue weighted by molar-refractivity contribution is 5.95. The van der Waals surface area contributed by atoms with Gasteiger partial charge in [-0.15, -0.1) is 0 Å². The Balaban J connectivity index is 1.38. The Labute approximate surface area is 215 Å². The van der Waals surface area contributed by atoms with Gasteiger partial charge in [-0.1, -0.05) is 37.3 Å². The zero-order chi connectivity index (χ0) is 25.5. The van der Waals surface area contributed by atoms with Crippen molar-refractivity contribution >= 4 is 12.3 Å². The van der Waals surface area contributed by atoms with Gasteiger partial charge in [0.2, 0.25) is 6.41 Å². The van der Waals surface area contributed by atoms with Crippen LogP contribution in [0.5, 0.6) is 0 Å². The highest BCUT2D eigenvalue weighted by atomic mass is 16.5. The summed E-state index contributed by atoms with van der Waals surface area (Å²) in [7, 11) is 0. The predicted octanol–water partition coefficient (Wildman–Crippen LogP) is 4.43. The number of carbonyl (C=O) groups excluding carboxylic acids is 2. The lowest BCUT2D eigenvalue weighted by Crippen LogP contribution is -2.49. The smallest absolute Gasteiger partial charge is 0.254 e. The summed E-state index contributed by atoms with van der Waals surface area (Å²) in [6, 6.07) is 14.8. The molecule has 2 fully saturated rings. The minimum absolute atomic E-state index is 0.118. The lowest BCUT2D eigenvalue weighted by molar-refractivity contribution is -0.118. The van der Waals surface area contributed by atoms with E-state index in [2.05, 4.69) is 49.1 Å². The van der Waals surface area contributed by atoms with Crippen molar-refractivity contribution in [3.05, 3.63) is 70.3 Å². The fourth-order valence-electron chi connectivity index (χ4n) is 5.87. The molecular formula is C30H41N3O3. The average Bonchev–Trinajstić information content (AvgIpc) is 3.16. The number of fused-ring (bicyclic) bond motifs is 2. The Hall–Kier alpha value is -2.70. The molecule has 2 aliphatic rings. The van der Waals surface area contributed by atoms with Gasteiger partial charge in [0.05, 0.1) is 25.3 Å². The monoisotopic (exact) mass is 491 g/mol. The molecule has 3 atom stereocenters. The van der Waals surface area contributed by atoms with Crippen LogP contribution in [0.2, 0.25) is 0 Å². The van der Waals surface area contributed by atoms with Gasteiger partial charge in [0.25, 0.3) is 5.91 Å². The highest BCUT2D eigenvalue weighted by Crippen LogP contribution is 2.32. The molecule has 2 amide bonds. The molecule has 2 heterocycles. The van der Waals surface area contributed by atoms with Gasteiger partial charge in [0.1, 0.15) is 0 Å². The Morgan fingerprint density at radius 2 is 1.86 bits per heavy atom. The number of hydrogen-bond acceptors (Lipinski definition) is 4. The zero-order valence-electron chi connectivity index (χ0n) is 21.8. The number of nitrogens with zero attached hydrogens (tertiary/aromatic N) is 2. The van der Waals surface area contributed by atoms with E-state index in [0.29, 0.717) is 26.3 Å². The van der Waals surface area contributed by atoms with Crippen molar-refractivity contribution in [1.82, 2.24) is 9.80 Å². The second kappa shape index (κ2) is 12.5. The number of rotatable bonds is 12. The molecule has 2 N–H and O–H groups in total. The Kier molecular flexibility index (Phi) is 9.16. The Bertz CT molecular complexity index is 1020. The van der Waals surface area contributed by atoms with Gasteiger partial charge in [-0.05, 0) is 79.8 Å². The standard InChI is InChI=1S/C30H41N3O3/c1-3-23(18-32(21-34)15-7-6-9-24-8-4-5-10-26(24)17-31)29-16-25(12-11-22(29)2)30(35)33-27-13-14-28(33)20-36-19-27/h4-5,8,10-12,16,21,23,27-28H,3,6-7,9,13-15,17-20,31H2,1-2H3. The van der Waals surface area contributed by atoms with Gasteiger partial charge in [-0.3, -0.25) is 9.59 Å². The van der Waals surface area contributed by atoms with Crippen LogP contribution in [0.15, 0.2) is 42.5 Å². The summed E-state index contributed by atoms with van der Waals surface area (Å²) < 4.78 is 5.67. The van der Waals surface area contributed by atoms with Crippen LogP contribution in [0.4, 0.5) is 0 Å². The van der Waals surface area contributed by atoms with Crippen LogP contribution in [-0.4, -0.2) is 60.5 Å². The van der Waals surface area contributed by atoms with Gasteiger partial charge in [0.15, 0.2) is 0 Å². The number of morpholine rings is 1. The first-order valence-electron chi connectivity index (χ1n) is 13.5. The highest BCUT2D eigenvalue weighted by Gasteiger charge is 2.40. The van der Waals surface area contributed by atoms with Crippen LogP contribution in [0.3, 0.4) is 0 Å². The van der Waals surface area contributed by atoms with E-state index in [1.54, 1.807) is 0 Å². The fourth-order valence-corrected chi connectivity index (χ4v) is 5.87. The molecule has 2 bridgehead atoms. The lowest BCUT2D eigenvalue weighted by atomic mass is 9.90. The molecule has 2 saturated heterocycles. The average molecular weight is 492 g/mol. The zero-order valence-corrected chi connectivity index (χ0v) is 21.8. The summed E-state index contributed by atoms with van der Waals surface area (Å²) in [5.41, 5.74) is 11.5. The van der Waals surface area contributed by atoms with E-state index in [4.69, 9.17) is 10.5 Å². The molecule has 6 heteroatoms. The second-order valence-corrected chi connectivity index (χ2v) is 10.3. The SMILES string of the molecule is CCC(CN(C=O)CCCCc1ccccc1CN)c1cc(C(=O)N2C3CCC2COC3)ccc1C. The van der Waals surface area contributed by atoms with Gasteiger partial charge in [-0.25, -0.2) is 0 Å². The maximum atomic E-state index is 13.4. The van der Waals surface area contributed by atoms with Crippen molar-refractivity contribution in [2.75, 3.05) is 26.3 Å². The van der Waals surface area contributed by atoms with E-state index in [9.17, 15) is 9.59 Å². The van der Waals surface area contributed by atoms with Gasteiger partial charge in [-0.2, -0.15) is 0 Å². The van der Waals surface area contributed by atoms with Crippen LogP contribution in [0.25, 0.3) is 0 Å². The maximum Gasteiger partial charge on any atom is 0.254 e. The molecule has 4 rings (SSSR count). The van der Waals surface area contributed by atoms with Gasteiger partial charge in [0, 0.05) is 31.1 Å². The van der Waals surface area contributed by atoms with E-state index < -0.39 is 0 Å². The third-order valence-electron chi connectivity index (χ3n) is 8.02. The summed E-state index contributed by atoms with van der Waals surface area (Å²) in [4.78, 5) is 29.3. The van der Waals surface area contributed by atoms with Crippen LogP contribution in [-0.2, 0) is 22.5 Å². The summed E-state index contributed by atoms with van der Waals surface area (Å²) in [6.07, 6.45) is 6.89. The minimum atomic E-state index is 0.118. The topological polar surface area (TPSA) is 75.9 Å². The molecule has 36 heavy (non-hydrogen) atoms. The maximum absolute atomic E-state index is 13.4. The van der Waals surface area contributed by atoms with Crippen molar-refractivity contribution in [2.24, 2.45) is 5.73 Å². The first-order valence-corrected chi connectivity index (χ1v) is 13.5. The van der Waals surface area contributed by atoms with Crippen molar-refractivity contribution in [1.29, 1.82) is 0 Å². The Morgan fingerprint density at radius 3 is 2.53 bits per heavy atom. The number of amides is 2. The van der Waals surface area contributed by atoms with Crippen LogP contribution in [0.1, 0.15) is 77.6 Å². The third kappa shape index (κ3) is 5.98. The molecule has 0 saturated carbocycles. The first-order chi connectivity index (χ1) is 17.5. The minimum Gasteiger partial charge on any atom is -0.377 e. The number of nitrogens with two attached hydrogens (primary N) is 1. The summed E-state index contributed by atoms with van der Waals surface area (Å²) >= 11 is 0. The van der Waals surface area contributed by atoms with Gasteiger partial charge < -0.3 is 20.3 Å².